The van der Waals surface area contributed by atoms with Crippen LogP contribution in [-0.4, -0.2) is 32.9 Å². The molecule has 0 aliphatic carbocycles. The molecule has 0 unspecified atom stereocenters. The number of nitrogens with zero attached hydrogens (tertiary/aromatic N) is 2. The number of aromatic amines is 2. The SMILES string of the molecule is O=c1[nH]c2c(c(=O)[nH]1)C1(CCN(Cc3nccs3)CC1)OC2. The second-order valence-corrected chi connectivity index (χ2v) is 6.73. The minimum Gasteiger partial charge on any atom is -0.364 e. The lowest BCUT2D eigenvalue weighted by atomic mass is 9.85. The molecule has 2 aromatic rings. The third-order valence-electron chi connectivity index (χ3n) is 4.47. The van der Waals surface area contributed by atoms with Crippen molar-refractivity contribution >= 4 is 11.3 Å². The number of hydrogen-bond donors (Lipinski definition) is 2. The van der Waals surface area contributed by atoms with Gasteiger partial charge in [0.2, 0.25) is 0 Å². The molecule has 1 spiro atoms. The zero-order chi connectivity index (χ0) is 15.2. The zero-order valence-electron chi connectivity index (χ0n) is 11.9. The number of aromatic nitrogens is 3. The standard InChI is InChI=1S/C14H16N4O3S/c19-12-11-9(16-13(20)17-12)8-21-14(11)1-4-18(5-2-14)7-10-15-3-6-22-10/h3,6H,1-2,4-5,7-8H2,(H2,16,17,19,20). The molecule has 4 rings (SSSR count). The van der Waals surface area contributed by atoms with Gasteiger partial charge in [0.25, 0.3) is 5.56 Å². The van der Waals surface area contributed by atoms with Crippen LogP contribution in [0.1, 0.15) is 29.1 Å². The van der Waals surface area contributed by atoms with Crippen molar-refractivity contribution in [2.75, 3.05) is 13.1 Å². The minimum absolute atomic E-state index is 0.307. The van der Waals surface area contributed by atoms with E-state index in [0.29, 0.717) is 17.9 Å². The van der Waals surface area contributed by atoms with Crippen LogP contribution in [0, 0.1) is 0 Å². The fourth-order valence-corrected chi connectivity index (χ4v) is 4.05. The van der Waals surface area contributed by atoms with Crippen molar-refractivity contribution in [2.45, 2.75) is 31.6 Å². The first kappa shape index (κ1) is 13.9. The monoisotopic (exact) mass is 320 g/mol. The summed E-state index contributed by atoms with van der Waals surface area (Å²) in [5.74, 6) is 0. The quantitative estimate of drug-likeness (QED) is 0.843. The van der Waals surface area contributed by atoms with Gasteiger partial charge >= 0.3 is 5.69 Å². The number of H-pyrrole nitrogens is 2. The number of piperidine rings is 1. The molecule has 22 heavy (non-hydrogen) atoms. The zero-order valence-corrected chi connectivity index (χ0v) is 12.7. The molecule has 0 atom stereocenters. The number of thiazole rings is 1. The van der Waals surface area contributed by atoms with Gasteiger partial charge in [-0.1, -0.05) is 0 Å². The van der Waals surface area contributed by atoms with Crippen LogP contribution >= 0.6 is 11.3 Å². The third-order valence-corrected chi connectivity index (χ3v) is 5.24. The van der Waals surface area contributed by atoms with Crippen molar-refractivity contribution in [1.82, 2.24) is 19.9 Å². The van der Waals surface area contributed by atoms with Gasteiger partial charge in [-0.2, -0.15) is 0 Å². The van der Waals surface area contributed by atoms with Crippen LogP contribution in [-0.2, 0) is 23.5 Å². The highest BCUT2D eigenvalue weighted by Gasteiger charge is 2.45. The molecule has 0 amide bonds. The molecule has 0 aromatic carbocycles. The van der Waals surface area contributed by atoms with E-state index in [2.05, 4.69) is 19.9 Å². The Morgan fingerprint density at radius 2 is 2.14 bits per heavy atom. The van der Waals surface area contributed by atoms with Crippen LogP contribution in [0.25, 0.3) is 0 Å². The van der Waals surface area contributed by atoms with E-state index in [1.54, 1.807) is 11.3 Å². The maximum absolute atomic E-state index is 12.2. The molecule has 0 radical (unpaired) electrons. The number of nitrogens with one attached hydrogen (secondary N) is 2. The van der Waals surface area contributed by atoms with E-state index in [4.69, 9.17) is 4.74 Å². The first-order valence-corrected chi connectivity index (χ1v) is 8.15. The summed E-state index contributed by atoms with van der Waals surface area (Å²) in [6.07, 6.45) is 3.32. The number of ether oxygens (including phenoxy) is 1. The molecule has 2 N–H and O–H groups in total. The fraction of sp³-hybridized carbons (Fsp3) is 0.500. The van der Waals surface area contributed by atoms with E-state index in [-0.39, 0.29) is 5.56 Å². The van der Waals surface area contributed by atoms with Gasteiger partial charge in [-0.05, 0) is 12.8 Å². The molecular formula is C14H16N4O3S. The summed E-state index contributed by atoms with van der Waals surface area (Å²) in [5.41, 5.74) is -0.0923. The Labute approximate surface area is 130 Å². The lowest BCUT2D eigenvalue weighted by Crippen LogP contribution is -2.45. The van der Waals surface area contributed by atoms with Crippen molar-refractivity contribution in [3.05, 3.63) is 48.7 Å². The summed E-state index contributed by atoms with van der Waals surface area (Å²) < 4.78 is 5.94. The summed E-state index contributed by atoms with van der Waals surface area (Å²) in [6, 6.07) is 0. The summed E-state index contributed by atoms with van der Waals surface area (Å²) >= 11 is 1.65. The highest BCUT2D eigenvalue weighted by atomic mass is 32.1. The second kappa shape index (κ2) is 5.15. The van der Waals surface area contributed by atoms with Crippen LogP contribution in [0.3, 0.4) is 0 Å². The van der Waals surface area contributed by atoms with E-state index >= 15 is 0 Å². The van der Waals surface area contributed by atoms with Gasteiger partial charge in [0.05, 0.1) is 24.4 Å². The normalized spacial score (nSPS) is 20.4. The maximum Gasteiger partial charge on any atom is 0.325 e. The predicted molar refractivity (Wildman–Crippen MR) is 80.8 cm³/mol. The van der Waals surface area contributed by atoms with Crippen molar-refractivity contribution in [1.29, 1.82) is 0 Å². The lowest BCUT2D eigenvalue weighted by Gasteiger charge is -2.38. The van der Waals surface area contributed by atoms with Crippen molar-refractivity contribution in [2.24, 2.45) is 0 Å². The molecular weight excluding hydrogens is 304 g/mol. The van der Waals surface area contributed by atoms with E-state index < -0.39 is 11.3 Å². The Balaban J connectivity index is 1.55. The predicted octanol–water partition coefficient (Wildman–Crippen LogP) is 0.541. The van der Waals surface area contributed by atoms with Gasteiger partial charge in [-0.15, -0.1) is 11.3 Å². The molecule has 1 fully saturated rings. The topological polar surface area (TPSA) is 91.1 Å². The van der Waals surface area contributed by atoms with Crippen molar-refractivity contribution in [3.63, 3.8) is 0 Å². The smallest absolute Gasteiger partial charge is 0.325 e. The van der Waals surface area contributed by atoms with Gasteiger partial charge in [0.1, 0.15) is 10.6 Å². The second-order valence-electron chi connectivity index (χ2n) is 5.75. The Hall–Kier alpha value is -1.77. The Bertz CT molecular complexity index is 787. The molecule has 2 aliphatic rings. The molecule has 0 bridgehead atoms. The van der Waals surface area contributed by atoms with Gasteiger partial charge in [0, 0.05) is 24.7 Å². The highest BCUT2D eigenvalue weighted by Crippen LogP contribution is 2.41. The van der Waals surface area contributed by atoms with Crippen LogP contribution in [0.5, 0.6) is 0 Å². The molecule has 116 valence electrons. The molecule has 1 saturated heterocycles. The van der Waals surface area contributed by atoms with Gasteiger partial charge in [-0.3, -0.25) is 14.7 Å². The van der Waals surface area contributed by atoms with E-state index in [1.165, 1.54) is 0 Å². The van der Waals surface area contributed by atoms with Crippen LogP contribution in [0.15, 0.2) is 21.2 Å². The number of hydrogen-bond acceptors (Lipinski definition) is 6. The molecule has 2 aliphatic heterocycles. The average Bonchev–Trinajstić information content (AvgIpc) is 3.10. The number of fused-ring (bicyclic) bond motifs is 2. The summed E-state index contributed by atoms with van der Waals surface area (Å²) in [7, 11) is 0. The lowest BCUT2D eigenvalue weighted by molar-refractivity contribution is -0.0807. The Morgan fingerprint density at radius 3 is 2.86 bits per heavy atom. The minimum atomic E-state index is -0.549. The van der Waals surface area contributed by atoms with E-state index in [9.17, 15) is 9.59 Å². The summed E-state index contributed by atoms with van der Waals surface area (Å²) in [4.78, 5) is 35.2. The van der Waals surface area contributed by atoms with Crippen LogP contribution in [0.4, 0.5) is 0 Å². The first-order valence-electron chi connectivity index (χ1n) is 7.27. The van der Waals surface area contributed by atoms with Crippen molar-refractivity contribution in [3.8, 4) is 0 Å². The van der Waals surface area contributed by atoms with Gasteiger partial charge in [-0.25, -0.2) is 9.78 Å². The first-order chi connectivity index (χ1) is 10.7. The van der Waals surface area contributed by atoms with Crippen LogP contribution < -0.4 is 11.2 Å². The number of likely N-dealkylation sites (tertiary alicyclic amines) is 1. The summed E-state index contributed by atoms with van der Waals surface area (Å²) in [6.45, 7) is 2.83. The molecule has 4 heterocycles. The maximum atomic E-state index is 12.2. The molecule has 2 aromatic heterocycles. The molecule has 7 nitrogen and oxygen atoms in total. The third kappa shape index (κ3) is 2.23. The number of rotatable bonds is 2. The van der Waals surface area contributed by atoms with Crippen LogP contribution in [0.2, 0.25) is 0 Å². The van der Waals surface area contributed by atoms with E-state index in [0.717, 1.165) is 37.5 Å². The van der Waals surface area contributed by atoms with E-state index in [1.807, 2.05) is 11.6 Å². The largest absolute Gasteiger partial charge is 0.364 e. The highest BCUT2D eigenvalue weighted by molar-refractivity contribution is 7.09. The molecule has 8 heteroatoms. The summed E-state index contributed by atoms with van der Waals surface area (Å²) in [5, 5.41) is 3.08. The Kier molecular flexibility index (Phi) is 3.24. The van der Waals surface area contributed by atoms with Gasteiger partial charge < -0.3 is 9.72 Å². The van der Waals surface area contributed by atoms with Crippen molar-refractivity contribution < 1.29 is 4.74 Å². The molecule has 0 saturated carbocycles. The Morgan fingerprint density at radius 1 is 1.32 bits per heavy atom. The average molecular weight is 320 g/mol. The van der Waals surface area contributed by atoms with Gasteiger partial charge in [0.15, 0.2) is 0 Å². The fourth-order valence-electron chi connectivity index (χ4n) is 3.40.